The van der Waals surface area contributed by atoms with Crippen LogP contribution in [-0.2, 0) is 4.74 Å². The fourth-order valence-corrected chi connectivity index (χ4v) is 5.03. The molecule has 0 saturated carbocycles. The number of thioether (sulfide) groups is 1. The Balaban J connectivity index is 1.67. The van der Waals surface area contributed by atoms with Crippen molar-refractivity contribution >= 4 is 17.7 Å². The summed E-state index contributed by atoms with van der Waals surface area (Å²) >= 11 is 2.11. The van der Waals surface area contributed by atoms with Gasteiger partial charge in [0.1, 0.15) is 0 Å². The Morgan fingerprint density at radius 2 is 2.15 bits per heavy atom. The molecule has 0 spiro atoms. The van der Waals surface area contributed by atoms with Gasteiger partial charge in [0.2, 0.25) is 0 Å². The van der Waals surface area contributed by atoms with Gasteiger partial charge >= 0.3 is 0 Å². The van der Waals surface area contributed by atoms with Crippen LogP contribution in [0.5, 0.6) is 0 Å². The van der Waals surface area contributed by atoms with Crippen LogP contribution in [0.1, 0.15) is 38.9 Å². The molecule has 0 bridgehead atoms. The average molecular weight is 376 g/mol. The zero-order valence-electron chi connectivity index (χ0n) is 16.4. The lowest BCUT2D eigenvalue weighted by molar-refractivity contribution is 0.0925. The Morgan fingerprint density at radius 1 is 1.35 bits per heavy atom. The Kier molecular flexibility index (Phi) is 7.26. The molecular formula is C21H33N3OS. The van der Waals surface area contributed by atoms with E-state index in [1.165, 1.54) is 11.3 Å². The van der Waals surface area contributed by atoms with E-state index < -0.39 is 0 Å². The van der Waals surface area contributed by atoms with E-state index in [1.54, 1.807) is 0 Å². The van der Waals surface area contributed by atoms with E-state index in [9.17, 15) is 0 Å². The SMILES string of the molecule is CCNC(=NCC1CCOC1c1ccccc1)N1CCSC(C(C)C)C1. The van der Waals surface area contributed by atoms with Crippen molar-refractivity contribution in [3.05, 3.63) is 35.9 Å². The van der Waals surface area contributed by atoms with Gasteiger partial charge in [0.05, 0.1) is 6.10 Å². The van der Waals surface area contributed by atoms with Crippen molar-refractivity contribution in [1.82, 2.24) is 10.2 Å². The largest absolute Gasteiger partial charge is 0.373 e. The van der Waals surface area contributed by atoms with Gasteiger partial charge in [-0.15, -0.1) is 0 Å². The van der Waals surface area contributed by atoms with Crippen LogP contribution in [0.15, 0.2) is 35.3 Å². The maximum atomic E-state index is 6.03. The van der Waals surface area contributed by atoms with Crippen LogP contribution in [0.3, 0.4) is 0 Å². The number of nitrogens with zero attached hydrogens (tertiary/aromatic N) is 2. The average Bonchev–Trinajstić information content (AvgIpc) is 3.14. The van der Waals surface area contributed by atoms with Gasteiger partial charge in [-0.25, -0.2) is 0 Å². The summed E-state index contributed by atoms with van der Waals surface area (Å²) in [6.07, 6.45) is 1.27. The fraction of sp³-hybridized carbons (Fsp3) is 0.667. The van der Waals surface area contributed by atoms with Crippen LogP contribution in [0.2, 0.25) is 0 Å². The highest BCUT2D eigenvalue weighted by Gasteiger charge is 2.30. The highest BCUT2D eigenvalue weighted by Crippen LogP contribution is 2.34. The minimum Gasteiger partial charge on any atom is -0.373 e. The summed E-state index contributed by atoms with van der Waals surface area (Å²) in [6, 6.07) is 10.6. The number of aliphatic imine (C=N–C) groups is 1. The minimum absolute atomic E-state index is 0.183. The van der Waals surface area contributed by atoms with E-state index >= 15 is 0 Å². The third-order valence-corrected chi connectivity index (χ3v) is 6.83. The third kappa shape index (κ3) is 4.95. The number of hydrogen-bond acceptors (Lipinski definition) is 3. The van der Waals surface area contributed by atoms with Gasteiger partial charge in [-0.3, -0.25) is 4.99 Å². The second-order valence-corrected chi connectivity index (χ2v) is 8.89. The predicted molar refractivity (Wildman–Crippen MR) is 112 cm³/mol. The van der Waals surface area contributed by atoms with Crippen molar-refractivity contribution in [3.8, 4) is 0 Å². The summed E-state index contributed by atoms with van der Waals surface area (Å²) in [5, 5.41) is 4.21. The van der Waals surface area contributed by atoms with Crippen molar-refractivity contribution < 1.29 is 4.74 Å². The lowest BCUT2D eigenvalue weighted by atomic mass is 9.95. The van der Waals surface area contributed by atoms with Crippen LogP contribution >= 0.6 is 11.8 Å². The zero-order valence-corrected chi connectivity index (χ0v) is 17.2. The summed E-state index contributed by atoms with van der Waals surface area (Å²) in [6.45, 7) is 11.6. The molecule has 26 heavy (non-hydrogen) atoms. The summed E-state index contributed by atoms with van der Waals surface area (Å²) < 4.78 is 6.03. The van der Waals surface area contributed by atoms with Crippen LogP contribution < -0.4 is 5.32 Å². The molecule has 5 heteroatoms. The molecule has 2 aliphatic heterocycles. The molecule has 0 amide bonds. The first kappa shape index (κ1) is 19.6. The molecule has 2 heterocycles. The summed E-state index contributed by atoms with van der Waals surface area (Å²) in [5.74, 6) is 3.44. The molecule has 3 rings (SSSR count). The van der Waals surface area contributed by atoms with Crippen LogP contribution in [0.4, 0.5) is 0 Å². The first-order valence-corrected chi connectivity index (χ1v) is 11.0. The van der Waals surface area contributed by atoms with E-state index in [1.807, 2.05) is 0 Å². The number of hydrogen-bond donors (Lipinski definition) is 1. The van der Waals surface area contributed by atoms with Gasteiger partial charge in [0.25, 0.3) is 0 Å². The molecule has 4 nitrogen and oxygen atoms in total. The van der Waals surface area contributed by atoms with Gasteiger partial charge in [-0.2, -0.15) is 11.8 Å². The molecule has 0 aliphatic carbocycles. The van der Waals surface area contributed by atoms with Gasteiger partial charge < -0.3 is 15.0 Å². The number of guanidine groups is 1. The maximum absolute atomic E-state index is 6.03. The van der Waals surface area contributed by atoms with Gasteiger partial charge in [-0.1, -0.05) is 44.2 Å². The van der Waals surface area contributed by atoms with Crippen LogP contribution in [0, 0.1) is 11.8 Å². The van der Waals surface area contributed by atoms with Crippen molar-refractivity contribution in [1.29, 1.82) is 0 Å². The number of benzene rings is 1. The van der Waals surface area contributed by atoms with Crippen molar-refractivity contribution in [3.63, 3.8) is 0 Å². The minimum atomic E-state index is 0.183. The molecule has 3 unspecified atom stereocenters. The zero-order chi connectivity index (χ0) is 18.4. The van der Waals surface area contributed by atoms with Gasteiger partial charge in [-0.05, 0) is 24.8 Å². The van der Waals surface area contributed by atoms with Crippen molar-refractivity contribution in [2.75, 3.05) is 38.5 Å². The monoisotopic (exact) mass is 375 g/mol. The molecule has 2 fully saturated rings. The normalized spacial score (nSPS) is 27.2. The second-order valence-electron chi connectivity index (χ2n) is 7.54. The summed E-state index contributed by atoms with van der Waals surface area (Å²) in [4.78, 5) is 7.49. The topological polar surface area (TPSA) is 36.9 Å². The Morgan fingerprint density at radius 3 is 2.88 bits per heavy atom. The molecule has 1 aromatic rings. The fourth-order valence-electron chi connectivity index (χ4n) is 3.73. The highest BCUT2D eigenvalue weighted by atomic mass is 32.2. The van der Waals surface area contributed by atoms with Gasteiger partial charge in [0, 0.05) is 49.7 Å². The molecule has 2 saturated heterocycles. The maximum Gasteiger partial charge on any atom is 0.193 e. The number of nitrogens with one attached hydrogen (secondary N) is 1. The molecule has 144 valence electrons. The Labute approximate surface area is 162 Å². The molecule has 0 aromatic heterocycles. The Hall–Kier alpha value is -1.20. The Bertz CT molecular complexity index is 578. The smallest absolute Gasteiger partial charge is 0.193 e. The van der Waals surface area contributed by atoms with E-state index in [0.29, 0.717) is 17.1 Å². The molecule has 1 aromatic carbocycles. The van der Waals surface area contributed by atoms with E-state index in [2.05, 4.69) is 73.1 Å². The quantitative estimate of drug-likeness (QED) is 0.627. The second kappa shape index (κ2) is 9.65. The number of rotatable bonds is 5. The first-order chi connectivity index (χ1) is 12.7. The molecular weight excluding hydrogens is 342 g/mol. The third-order valence-electron chi connectivity index (χ3n) is 5.29. The lowest BCUT2D eigenvalue weighted by Crippen LogP contribution is -2.49. The standard InChI is InChI=1S/C21H33N3OS/c1-4-22-21(24-11-13-26-19(15-24)16(2)3)23-14-18-10-12-25-20(18)17-8-6-5-7-9-17/h5-9,16,18-20H,4,10-15H2,1-3H3,(H,22,23). The number of ether oxygens (including phenoxy) is 1. The predicted octanol–water partition coefficient (Wildman–Crippen LogP) is 3.80. The van der Waals surface area contributed by atoms with Gasteiger partial charge in [0.15, 0.2) is 5.96 Å². The van der Waals surface area contributed by atoms with Crippen molar-refractivity contribution in [2.45, 2.75) is 38.5 Å². The first-order valence-electron chi connectivity index (χ1n) is 10.0. The van der Waals surface area contributed by atoms with E-state index in [4.69, 9.17) is 9.73 Å². The van der Waals surface area contributed by atoms with Crippen LogP contribution in [-0.4, -0.2) is 54.6 Å². The van der Waals surface area contributed by atoms with E-state index in [0.717, 1.165) is 45.2 Å². The lowest BCUT2D eigenvalue weighted by Gasteiger charge is -2.36. The summed E-state index contributed by atoms with van der Waals surface area (Å²) in [5.41, 5.74) is 1.28. The van der Waals surface area contributed by atoms with Crippen molar-refractivity contribution in [2.24, 2.45) is 16.8 Å². The molecule has 0 radical (unpaired) electrons. The summed E-state index contributed by atoms with van der Waals surface area (Å²) in [7, 11) is 0. The molecule has 2 aliphatic rings. The molecule has 3 atom stereocenters. The van der Waals surface area contributed by atoms with E-state index in [-0.39, 0.29) is 6.10 Å². The highest BCUT2D eigenvalue weighted by molar-refractivity contribution is 8.00. The van der Waals surface area contributed by atoms with Crippen LogP contribution in [0.25, 0.3) is 0 Å². The molecule has 1 N–H and O–H groups in total.